The summed E-state index contributed by atoms with van der Waals surface area (Å²) in [6.45, 7) is 11.2. The number of carbonyl (C=O) groups excluding carboxylic acids is 1. The Hall–Kier alpha value is -3.01. The number of methoxy groups -OCH3 is 2. The van der Waals surface area contributed by atoms with Crippen LogP contribution in [0.25, 0.3) is 0 Å². The molecule has 246 valence electrons. The van der Waals surface area contributed by atoms with Crippen molar-refractivity contribution in [3.63, 3.8) is 0 Å². The van der Waals surface area contributed by atoms with Crippen LogP contribution in [0, 0.1) is 23.7 Å². The first-order valence-electron chi connectivity index (χ1n) is 16.0. The molecule has 1 heterocycles. The molecule has 0 fully saturated rings. The summed E-state index contributed by atoms with van der Waals surface area (Å²) >= 11 is 0. The molecule has 0 unspecified atom stereocenters. The molecule has 0 bridgehead atoms. The average molecular weight is 615 g/mol. The van der Waals surface area contributed by atoms with Gasteiger partial charge in [-0.2, -0.15) is 0 Å². The van der Waals surface area contributed by atoms with Crippen molar-refractivity contribution in [2.45, 2.75) is 78.5 Å². The van der Waals surface area contributed by atoms with Crippen molar-refractivity contribution < 1.29 is 33.6 Å². The molecular formula is C35H54N2O7. The monoisotopic (exact) mass is 614 g/mol. The molecule has 4 N–H and O–H groups in total. The maximum absolute atomic E-state index is 13.3. The average Bonchev–Trinajstić information content (AvgIpc) is 3.25. The number of fused-ring (bicyclic) bond motifs is 1. The Kier molecular flexibility index (Phi) is 14.6. The van der Waals surface area contributed by atoms with E-state index in [-0.39, 0.29) is 23.7 Å². The van der Waals surface area contributed by atoms with Crippen molar-refractivity contribution in [1.29, 1.82) is 0 Å². The third-order valence-electron chi connectivity index (χ3n) is 8.40. The zero-order valence-corrected chi connectivity index (χ0v) is 27.5. The summed E-state index contributed by atoms with van der Waals surface area (Å²) in [5.74, 6) is 3.02. The number of aliphatic hydroxyl groups excluding tert-OH is 1. The minimum absolute atomic E-state index is 0.0446. The van der Waals surface area contributed by atoms with Crippen molar-refractivity contribution in [1.82, 2.24) is 5.32 Å². The molecule has 0 saturated heterocycles. The fraction of sp³-hybridized carbons (Fsp3) is 0.629. The van der Waals surface area contributed by atoms with Crippen LogP contribution in [-0.4, -0.2) is 63.8 Å². The molecule has 1 aliphatic heterocycles. The second kappa shape index (κ2) is 18.1. The molecule has 2 aromatic rings. The van der Waals surface area contributed by atoms with Gasteiger partial charge >= 0.3 is 0 Å². The molecule has 0 saturated carbocycles. The van der Waals surface area contributed by atoms with Gasteiger partial charge in [0.25, 0.3) is 0 Å². The molecule has 0 aromatic heterocycles. The first-order valence-corrected chi connectivity index (χ1v) is 16.0. The van der Waals surface area contributed by atoms with Crippen molar-refractivity contribution in [2.24, 2.45) is 29.4 Å². The number of carbonyl (C=O) groups is 1. The van der Waals surface area contributed by atoms with E-state index in [1.165, 1.54) is 0 Å². The number of aliphatic hydroxyl groups is 1. The van der Waals surface area contributed by atoms with Crippen molar-refractivity contribution in [2.75, 3.05) is 40.6 Å². The summed E-state index contributed by atoms with van der Waals surface area (Å²) < 4.78 is 28.1. The first kappa shape index (κ1) is 35.5. The summed E-state index contributed by atoms with van der Waals surface area (Å²) in [6, 6.07) is 11.3. The summed E-state index contributed by atoms with van der Waals surface area (Å²) in [4.78, 5) is 13.3. The van der Waals surface area contributed by atoms with E-state index in [1.54, 1.807) is 14.2 Å². The fourth-order valence-electron chi connectivity index (χ4n) is 5.50. The van der Waals surface area contributed by atoms with Crippen LogP contribution < -0.4 is 30.0 Å². The lowest BCUT2D eigenvalue weighted by Gasteiger charge is -2.30. The lowest BCUT2D eigenvalue weighted by atomic mass is 9.81. The number of hydrogen-bond donors (Lipinski definition) is 3. The minimum atomic E-state index is -0.803. The smallest absolute Gasteiger partial charge is 0.223 e. The summed E-state index contributed by atoms with van der Waals surface area (Å²) in [7, 11) is 3.31. The number of hydrogen-bond acceptors (Lipinski definition) is 8. The summed E-state index contributed by atoms with van der Waals surface area (Å²) in [6.07, 6.45) is 2.56. The molecule has 0 radical (unpaired) electrons. The van der Waals surface area contributed by atoms with Gasteiger partial charge in [0.15, 0.2) is 23.0 Å². The van der Waals surface area contributed by atoms with Crippen molar-refractivity contribution >= 4 is 5.91 Å². The number of ether oxygens (including phenoxy) is 5. The van der Waals surface area contributed by atoms with Crippen LogP contribution in [0.3, 0.4) is 0 Å². The van der Waals surface area contributed by atoms with E-state index >= 15 is 0 Å². The molecular weight excluding hydrogens is 560 g/mol. The van der Waals surface area contributed by atoms with Crippen LogP contribution in [0.2, 0.25) is 0 Å². The largest absolute Gasteiger partial charge is 0.493 e. The molecule has 0 spiro atoms. The third kappa shape index (κ3) is 10.9. The highest BCUT2D eigenvalue weighted by atomic mass is 16.5. The van der Waals surface area contributed by atoms with E-state index in [0.29, 0.717) is 69.0 Å². The number of nitrogens with one attached hydrogen (secondary N) is 1. The maximum Gasteiger partial charge on any atom is 0.223 e. The topological polar surface area (TPSA) is 122 Å². The van der Waals surface area contributed by atoms with E-state index < -0.39 is 12.1 Å². The first-order chi connectivity index (χ1) is 21.1. The van der Waals surface area contributed by atoms with Gasteiger partial charge in [-0.05, 0) is 72.4 Å². The highest BCUT2D eigenvalue weighted by Gasteiger charge is 2.30. The molecule has 9 nitrogen and oxygen atoms in total. The Morgan fingerprint density at radius 1 is 0.932 bits per heavy atom. The Bertz CT molecular complexity index is 1160. The van der Waals surface area contributed by atoms with Crippen LogP contribution >= 0.6 is 0 Å². The molecule has 4 atom stereocenters. The van der Waals surface area contributed by atoms with Gasteiger partial charge in [0, 0.05) is 45.1 Å². The van der Waals surface area contributed by atoms with Crippen LogP contribution in [0.15, 0.2) is 36.4 Å². The van der Waals surface area contributed by atoms with Crippen LogP contribution in [0.1, 0.15) is 64.5 Å². The maximum atomic E-state index is 13.3. The second-order valence-electron chi connectivity index (χ2n) is 12.5. The van der Waals surface area contributed by atoms with E-state index in [0.717, 1.165) is 36.1 Å². The van der Waals surface area contributed by atoms with Crippen molar-refractivity contribution in [3.05, 3.63) is 47.5 Å². The van der Waals surface area contributed by atoms with Crippen LogP contribution in [-0.2, 0) is 22.5 Å². The van der Waals surface area contributed by atoms with E-state index in [2.05, 4.69) is 25.2 Å². The van der Waals surface area contributed by atoms with E-state index in [4.69, 9.17) is 29.4 Å². The van der Waals surface area contributed by atoms with E-state index in [9.17, 15) is 9.90 Å². The van der Waals surface area contributed by atoms with Crippen molar-refractivity contribution in [3.8, 4) is 23.0 Å². The number of rotatable bonds is 18. The van der Waals surface area contributed by atoms with E-state index in [1.807, 2.05) is 44.2 Å². The molecule has 9 heteroatoms. The standard InChI is InChI=1S/C35H54N2O7/c1-23(2)27(17-25-9-11-31(41-6)33(18-25)43-14-7-13-40-5)20-29(36)30(38)21-28(24(3)4)35(39)37-22-26-10-12-32-34(19-26)44-16-8-15-42-32/h9-12,18-19,23-24,27-30,38H,7-8,13-17,20-22,36H2,1-6H3,(H,37,39)/t27-,28-,29-,30-/m0/s1. The number of benzene rings is 2. The predicted molar refractivity (Wildman–Crippen MR) is 172 cm³/mol. The van der Waals surface area contributed by atoms with Gasteiger partial charge in [-0.25, -0.2) is 0 Å². The van der Waals surface area contributed by atoms with Gasteiger partial charge in [0.05, 0.1) is 33.0 Å². The Labute approximate surface area is 263 Å². The van der Waals surface area contributed by atoms with Gasteiger partial charge < -0.3 is 39.8 Å². The Balaban J connectivity index is 1.58. The fourth-order valence-corrected chi connectivity index (χ4v) is 5.50. The molecule has 2 aromatic carbocycles. The van der Waals surface area contributed by atoms with Gasteiger partial charge in [-0.3, -0.25) is 4.79 Å². The number of nitrogens with two attached hydrogens (primary N) is 1. The Morgan fingerprint density at radius 3 is 2.34 bits per heavy atom. The molecule has 0 aliphatic carbocycles. The lowest BCUT2D eigenvalue weighted by molar-refractivity contribution is -0.127. The highest BCUT2D eigenvalue weighted by molar-refractivity contribution is 5.79. The van der Waals surface area contributed by atoms with Crippen LogP contribution in [0.5, 0.6) is 23.0 Å². The van der Waals surface area contributed by atoms with Crippen LogP contribution in [0.4, 0.5) is 0 Å². The van der Waals surface area contributed by atoms with Gasteiger partial charge in [0.1, 0.15) is 0 Å². The van der Waals surface area contributed by atoms with Gasteiger partial charge in [-0.15, -0.1) is 0 Å². The summed E-state index contributed by atoms with van der Waals surface area (Å²) in [5, 5.41) is 14.3. The van der Waals surface area contributed by atoms with Gasteiger partial charge in [-0.1, -0.05) is 39.8 Å². The molecule has 1 amide bonds. The molecule has 3 rings (SSSR count). The lowest BCUT2D eigenvalue weighted by Crippen LogP contribution is -2.42. The molecule has 1 aliphatic rings. The van der Waals surface area contributed by atoms with Gasteiger partial charge in [0.2, 0.25) is 5.91 Å². The molecule has 44 heavy (non-hydrogen) atoms. The number of amides is 1. The second-order valence-corrected chi connectivity index (χ2v) is 12.5. The minimum Gasteiger partial charge on any atom is -0.493 e. The Morgan fingerprint density at radius 2 is 1.66 bits per heavy atom. The zero-order chi connectivity index (χ0) is 32.1. The normalized spacial score (nSPS) is 15.8. The third-order valence-corrected chi connectivity index (χ3v) is 8.40. The highest BCUT2D eigenvalue weighted by Crippen LogP contribution is 2.32. The zero-order valence-electron chi connectivity index (χ0n) is 27.5. The summed E-state index contributed by atoms with van der Waals surface area (Å²) in [5.41, 5.74) is 8.67. The quantitative estimate of drug-likeness (QED) is 0.197. The predicted octanol–water partition coefficient (Wildman–Crippen LogP) is 5.14. The SMILES string of the molecule is COCCCOc1cc(C[C@@H](C[C@H](N)[C@@H](O)C[C@H](C(=O)NCc2ccc3c(c2)OCCCO3)C(C)C)C(C)C)ccc1OC.